The van der Waals surface area contributed by atoms with Crippen LogP contribution in [0.1, 0.15) is 12.1 Å². The second kappa shape index (κ2) is 4.20. The molecule has 4 N–H and O–H groups in total. The Hall–Kier alpha value is -2.15. The molecule has 3 rings (SSSR count). The van der Waals surface area contributed by atoms with Crippen molar-refractivity contribution in [2.45, 2.75) is 24.6 Å². The van der Waals surface area contributed by atoms with Crippen LogP contribution >= 0.6 is 0 Å². The highest BCUT2D eigenvalue weighted by Crippen LogP contribution is 2.31. The van der Waals surface area contributed by atoms with Gasteiger partial charge < -0.3 is 21.1 Å². The minimum Gasteiger partial charge on any atom is -0.474 e. The van der Waals surface area contributed by atoms with Gasteiger partial charge in [-0.2, -0.15) is 0 Å². The molecular formula is C12H14N4O3. The zero-order chi connectivity index (χ0) is 13.5. The molecule has 2 aliphatic rings. The van der Waals surface area contributed by atoms with Gasteiger partial charge in [0.05, 0.1) is 12.6 Å². The fourth-order valence-corrected chi connectivity index (χ4v) is 2.44. The van der Waals surface area contributed by atoms with Gasteiger partial charge in [-0.05, 0) is 12.1 Å². The monoisotopic (exact) mass is 262 g/mol. The number of hydrogen-bond acceptors (Lipinski definition) is 5. The van der Waals surface area contributed by atoms with Crippen molar-refractivity contribution in [3.63, 3.8) is 0 Å². The first kappa shape index (κ1) is 11.9. The Bertz CT molecular complexity index is 548. The van der Waals surface area contributed by atoms with Gasteiger partial charge >= 0.3 is 0 Å². The molecule has 0 aromatic carbocycles. The molecule has 3 heterocycles. The molecule has 0 unspecified atom stereocenters. The van der Waals surface area contributed by atoms with Crippen LogP contribution in [0.2, 0.25) is 0 Å². The van der Waals surface area contributed by atoms with Gasteiger partial charge in [-0.15, -0.1) is 0 Å². The lowest BCUT2D eigenvalue weighted by Crippen LogP contribution is -2.51. The molecule has 7 heteroatoms. The quantitative estimate of drug-likeness (QED) is 0.582. The average molecular weight is 262 g/mol. The third kappa shape index (κ3) is 1.91. The standard InChI is InChI=1S/C12H14N4O3/c13-10(17)7-4-12(6-16-7)11(18)15-5-8-9(19-12)2-1-3-14-8/h1-3,7,16H,4-6H2,(H2,13,17)(H,15,18)/t7-,12+/m0/s1. The van der Waals surface area contributed by atoms with Crippen molar-refractivity contribution < 1.29 is 14.3 Å². The van der Waals surface area contributed by atoms with E-state index in [0.717, 1.165) is 0 Å². The van der Waals surface area contributed by atoms with Crippen molar-refractivity contribution >= 4 is 11.8 Å². The predicted octanol–water partition coefficient (Wildman–Crippen LogP) is -1.32. The topological polar surface area (TPSA) is 106 Å². The molecular weight excluding hydrogens is 248 g/mol. The van der Waals surface area contributed by atoms with Gasteiger partial charge in [0, 0.05) is 19.2 Å². The molecule has 2 amide bonds. The van der Waals surface area contributed by atoms with Crippen molar-refractivity contribution in [2.75, 3.05) is 6.54 Å². The Morgan fingerprint density at radius 1 is 1.58 bits per heavy atom. The van der Waals surface area contributed by atoms with Crippen LogP contribution in [0.5, 0.6) is 5.75 Å². The number of primary amides is 1. The largest absolute Gasteiger partial charge is 0.474 e. The first-order valence-corrected chi connectivity index (χ1v) is 6.05. The molecule has 1 fully saturated rings. The molecule has 2 aliphatic heterocycles. The summed E-state index contributed by atoms with van der Waals surface area (Å²) < 4.78 is 5.85. The van der Waals surface area contributed by atoms with Gasteiger partial charge in [0.15, 0.2) is 0 Å². The Morgan fingerprint density at radius 2 is 2.42 bits per heavy atom. The highest BCUT2D eigenvalue weighted by molar-refractivity contribution is 5.90. The van der Waals surface area contributed by atoms with Crippen LogP contribution in [-0.2, 0) is 16.1 Å². The van der Waals surface area contributed by atoms with Crippen LogP contribution < -0.4 is 21.1 Å². The lowest BCUT2D eigenvalue weighted by molar-refractivity contribution is -0.135. The highest BCUT2D eigenvalue weighted by Gasteiger charge is 2.50. The smallest absolute Gasteiger partial charge is 0.265 e. The molecule has 1 saturated heterocycles. The summed E-state index contributed by atoms with van der Waals surface area (Å²) in [6, 6.07) is 2.96. The molecule has 1 aromatic rings. The van der Waals surface area contributed by atoms with Gasteiger partial charge in [-0.25, -0.2) is 0 Å². The lowest BCUT2D eigenvalue weighted by Gasteiger charge is -2.25. The summed E-state index contributed by atoms with van der Waals surface area (Å²) in [5.41, 5.74) is 4.85. The van der Waals surface area contributed by atoms with Crippen molar-refractivity contribution in [2.24, 2.45) is 5.73 Å². The van der Waals surface area contributed by atoms with E-state index in [1.54, 1.807) is 18.3 Å². The normalized spacial score (nSPS) is 29.3. The van der Waals surface area contributed by atoms with E-state index in [1.807, 2.05) is 0 Å². The number of nitrogens with two attached hydrogens (primary N) is 1. The fraction of sp³-hybridized carbons (Fsp3) is 0.417. The zero-order valence-corrected chi connectivity index (χ0v) is 10.2. The summed E-state index contributed by atoms with van der Waals surface area (Å²) in [5.74, 6) is -0.168. The molecule has 1 aromatic heterocycles. The van der Waals surface area contributed by atoms with Crippen LogP contribution in [0, 0.1) is 0 Å². The van der Waals surface area contributed by atoms with Crippen LogP contribution in [0.4, 0.5) is 0 Å². The van der Waals surface area contributed by atoms with E-state index in [1.165, 1.54) is 0 Å². The number of nitrogens with zero attached hydrogens (tertiary/aromatic N) is 1. The van der Waals surface area contributed by atoms with Crippen molar-refractivity contribution in [3.05, 3.63) is 24.0 Å². The number of fused-ring (bicyclic) bond motifs is 1. The number of amides is 2. The van der Waals surface area contributed by atoms with Crippen molar-refractivity contribution in [3.8, 4) is 5.75 Å². The number of nitrogens with one attached hydrogen (secondary N) is 2. The second-order valence-corrected chi connectivity index (χ2v) is 4.77. The van der Waals surface area contributed by atoms with Crippen molar-refractivity contribution in [1.82, 2.24) is 15.6 Å². The lowest BCUT2D eigenvalue weighted by atomic mass is 9.98. The molecule has 0 saturated carbocycles. The maximum Gasteiger partial charge on any atom is 0.265 e. The fourth-order valence-electron chi connectivity index (χ4n) is 2.44. The summed E-state index contributed by atoms with van der Waals surface area (Å²) in [6.45, 7) is 0.568. The first-order chi connectivity index (χ1) is 9.11. The van der Waals surface area contributed by atoms with Crippen LogP contribution in [0.15, 0.2) is 18.3 Å². The van der Waals surface area contributed by atoms with E-state index in [0.29, 0.717) is 18.0 Å². The number of carbonyl (C=O) groups excluding carboxylic acids is 2. The molecule has 0 radical (unpaired) electrons. The summed E-state index contributed by atoms with van der Waals surface area (Å²) in [5, 5.41) is 5.70. The first-order valence-electron chi connectivity index (χ1n) is 6.05. The molecule has 100 valence electrons. The number of rotatable bonds is 1. The molecule has 0 bridgehead atoms. The van der Waals surface area contributed by atoms with Gasteiger partial charge in [0.2, 0.25) is 11.5 Å². The third-order valence-corrected chi connectivity index (χ3v) is 3.50. The molecule has 7 nitrogen and oxygen atoms in total. The second-order valence-electron chi connectivity index (χ2n) is 4.77. The summed E-state index contributed by atoms with van der Waals surface area (Å²) in [6.07, 6.45) is 1.87. The third-order valence-electron chi connectivity index (χ3n) is 3.50. The van der Waals surface area contributed by atoms with E-state index < -0.39 is 17.6 Å². The highest BCUT2D eigenvalue weighted by atomic mass is 16.5. The molecule has 1 spiro atoms. The van der Waals surface area contributed by atoms with E-state index in [2.05, 4.69) is 15.6 Å². The molecule has 19 heavy (non-hydrogen) atoms. The van der Waals surface area contributed by atoms with E-state index >= 15 is 0 Å². The number of pyridine rings is 1. The Morgan fingerprint density at radius 3 is 3.16 bits per heavy atom. The van der Waals surface area contributed by atoms with E-state index in [9.17, 15) is 9.59 Å². The Kier molecular flexibility index (Phi) is 2.63. The van der Waals surface area contributed by atoms with E-state index in [4.69, 9.17) is 10.5 Å². The maximum absolute atomic E-state index is 12.2. The summed E-state index contributed by atoms with van der Waals surface area (Å²) >= 11 is 0. The SMILES string of the molecule is NC(=O)[C@@H]1C[C@]2(CN1)Oc1cccnc1CNC2=O. The predicted molar refractivity (Wildman–Crippen MR) is 65.0 cm³/mol. The summed E-state index contributed by atoms with van der Waals surface area (Å²) in [7, 11) is 0. The number of aromatic nitrogens is 1. The zero-order valence-electron chi connectivity index (χ0n) is 10.2. The summed E-state index contributed by atoms with van der Waals surface area (Å²) in [4.78, 5) is 27.6. The molecule has 0 aliphatic carbocycles. The minimum absolute atomic E-state index is 0.225. The van der Waals surface area contributed by atoms with Crippen molar-refractivity contribution in [1.29, 1.82) is 0 Å². The molecule has 2 atom stereocenters. The van der Waals surface area contributed by atoms with E-state index in [-0.39, 0.29) is 18.9 Å². The Labute approximate surface area is 109 Å². The number of hydrogen-bond donors (Lipinski definition) is 3. The average Bonchev–Trinajstić information content (AvgIpc) is 2.77. The van der Waals surface area contributed by atoms with Gasteiger partial charge in [0.25, 0.3) is 5.91 Å². The Balaban J connectivity index is 1.94. The minimum atomic E-state index is -1.09. The maximum atomic E-state index is 12.2. The van der Waals surface area contributed by atoms with Gasteiger partial charge in [-0.1, -0.05) is 0 Å². The van der Waals surface area contributed by atoms with Gasteiger partial charge in [-0.3, -0.25) is 14.6 Å². The number of carbonyl (C=O) groups is 2. The van der Waals surface area contributed by atoms with Crippen LogP contribution in [0.3, 0.4) is 0 Å². The van der Waals surface area contributed by atoms with Gasteiger partial charge in [0.1, 0.15) is 11.4 Å². The van der Waals surface area contributed by atoms with Crippen LogP contribution in [-0.4, -0.2) is 35.0 Å². The number of ether oxygens (including phenoxy) is 1. The van der Waals surface area contributed by atoms with Crippen LogP contribution in [0.25, 0.3) is 0 Å².